The van der Waals surface area contributed by atoms with Gasteiger partial charge in [0.1, 0.15) is 5.75 Å². The van der Waals surface area contributed by atoms with Crippen molar-refractivity contribution in [2.75, 3.05) is 45.5 Å². The lowest BCUT2D eigenvalue weighted by Crippen LogP contribution is -2.55. The molecule has 8 heteroatoms. The lowest BCUT2D eigenvalue weighted by molar-refractivity contribution is 0.00825. The molecule has 0 saturated carbocycles. The number of carbonyl (C=O) groups excluding carboxylic acids is 1. The number of hydrogen-bond donors (Lipinski definition) is 2. The molecule has 0 spiro atoms. The number of halogens is 2. The summed E-state index contributed by atoms with van der Waals surface area (Å²) in [5, 5.41) is 3.34. The van der Waals surface area contributed by atoms with E-state index in [0.717, 1.165) is 26.1 Å². The first-order chi connectivity index (χ1) is 11.5. The molecule has 0 bridgehead atoms. The van der Waals surface area contributed by atoms with Crippen molar-refractivity contribution in [3.05, 3.63) is 22.7 Å². The van der Waals surface area contributed by atoms with Crippen molar-refractivity contribution < 1.29 is 14.3 Å². The zero-order valence-electron chi connectivity index (χ0n) is 13.9. The van der Waals surface area contributed by atoms with Crippen LogP contribution < -0.4 is 15.8 Å². The fourth-order valence-electron chi connectivity index (χ4n) is 2.87. The molecular formula is C16H23Cl2N3O3. The molecule has 1 aliphatic rings. The number of alkyl halides is 1. The number of carbonyl (C=O) groups is 1. The first-order valence-electron chi connectivity index (χ1n) is 7.75. The number of amides is 1. The standard InChI is InChI=1S/C16H23Cl2N3O3/c1-23-14-8-12(19)11(18)7-10(14)16(22)20-13-3-5-21(6-4-17)9-15(13)24-2/h7-8,13,15H,3-6,9,19H2,1-2H3,(H,20,22). The van der Waals surface area contributed by atoms with Gasteiger partial charge < -0.3 is 20.5 Å². The second-order valence-electron chi connectivity index (χ2n) is 5.71. The number of benzene rings is 1. The number of anilines is 1. The number of methoxy groups -OCH3 is 2. The van der Waals surface area contributed by atoms with Gasteiger partial charge in [0.15, 0.2) is 0 Å². The van der Waals surface area contributed by atoms with E-state index in [-0.39, 0.29) is 18.1 Å². The number of likely N-dealkylation sites (tertiary alicyclic amines) is 1. The summed E-state index contributed by atoms with van der Waals surface area (Å²) in [6, 6.07) is 2.99. The molecule has 1 amide bonds. The van der Waals surface area contributed by atoms with Crippen LogP contribution in [-0.2, 0) is 4.74 Å². The molecule has 2 unspecified atom stereocenters. The van der Waals surface area contributed by atoms with Gasteiger partial charge in [-0.05, 0) is 12.5 Å². The fourth-order valence-corrected chi connectivity index (χ4v) is 3.27. The Labute approximate surface area is 152 Å². The smallest absolute Gasteiger partial charge is 0.255 e. The minimum atomic E-state index is -0.258. The molecule has 1 aromatic carbocycles. The van der Waals surface area contributed by atoms with Crippen molar-refractivity contribution in [3.63, 3.8) is 0 Å². The van der Waals surface area contributed by atoms with Gasteiger partial charge in [0.05, 0.1) is 35.5 Å². The molecule has 0 aliphatic carbocycles. The molecule has 134 valence electrons. The van der Waals surface area contributed by atoms with Crippen LogP contribution in [0.4, 0.5) is 5.69 Å². The lowest BCUT2D eigenvalue weighted by Gasteiger charge is -2.37. The van der Waals surface area contributed by atoms with Gasteiger partial charge in [-0.3, -0.25) is 9.69 Å². The summed E-state index contributed by atoms with van der Waals surface area (Å²) < 4.78 is 10.8. The van der Waals surface area contributed by atoms with Gasteiger partial charge >= 0.3 is 0 Å². The van der Waals surface area contributed by atoms with Crippen molar-refractivity contribution in [1.82, 2.24) is 10.2 Å². The normalized spacial score (nSPS) is 21.5. The Morgan fingerprint density at radius 2 is 2.21 bits per heavy atom. The quantitative estimate of drug-likeness (QED) is 0.587. The molecule has 1 fully saturated rings. The summed E-state index contributed by atoms with van der Waals surface area (Å²) in [6.45, 7) is 2.40. The van der Waals surface area contributed by atoms with E-state index < -0.39 is 0 Å². The minimum absolute atomic E-state index is 0.0879. The zero-order chi connectivity index (χ0) is 17.7. The Hall–Kier alpha value is -1.21. The highest BCUT2D eigenvalue weighted by Crippen LogP contribution is 2.29. The Balaban J connectivity index is 2.10. The van der Waals surface area contributed by atoms with Gasteiger partial charge in [0.2, 0.25) is 0 Å². The average Bonchev–Trinajstić information content (AvgIpc) is 2.58. The van der Waals surface area contributed by atoms with Crippen LogP contribution in [0.3, 0.4) is 0 Å². The maximum absolute atomic E-state index is 12.6. The van der Waals surface area contributed by atoms with Gasteiger partial charge in [-0.15, -0.1) is 11.6 Å². The lowest BCUT2D eigenvalue weighted by atomic mass is 10.0. The van der Waals surface area contributed by atoms with Crippen molar-refractivity contribution in [2.45, 2.75) is 18.6 Å². The Morgan fingerprint density at radius 3 is 2.83 bits per heavy atom. The largest absolute Gasteiger partial charge is 0.496 e. The van der Waals surface area contributed by atoms with Crippen LogP contribution in [0.25, 0.3) is 0 Å². The SMILES string of the molecule is COc1cc(N)c(Cl)cc1C(=O)NC1CCN(CCCl)CC1OC. The Morgan fingerprint density at radius 1 is 1.46 bits per heavy atom. The minimum Gasteiger partial charge on any atom is -0.496 e. The van der Waals surface area contributed by atoms with E-state index in [1.165, 1.54) is 13.2 Å². The van der Waals surface area contributed by atoms with E-state index in [2.05, 4.69) is 10.2 Å². The van der Waals surface area contributed by atoms with E-state index in [4.69, 9.17) is 38.4 Å². The number of nitrogens with two attached hydrogens (primary N) is 1. The highest BCUT2D eigenvalue weighted by molar-refractivity contribution is 6.33. The van der Waals surface area contributed by atoms with Crippen molar-refractivity contribution in [2.24, 2.45) is 0 Å². The van der Waals surface area contributed by atoms with Crippen molar-refractivity contribution in [1.29, 1.82) is 0 Å². The maximum Gasteiger partial charge on any atom is 0.255 e. The molecule has 2 atom stereocenters. The van der Waals surface area contributed by atoms with Crippen LogP contribution in [0.2, 0.25) is 5.02 Å². The predicted molar refractivity (Wildman–Crippen MR) is 96.2 cm³/mol. The third-order valence-corrected chi connectivity index (χ3v) is 4.72. The van der Waals surface area contributed by atoms with E-state index in [0.29, 0.717) is 27.9 Å². The molecule has 1 aromatic rings. The second kappa shape index (κ2) is 8.76. The molecule has 2 rings (SSSR count). The number of nitrogens with one attached hydrogen (secondary N) is 1. The number of nitrogen functional groups attached to an aromatic ring is 1. The monoisotopic (exact) mass is 375 g/mol. The summed E-state index contributed by atoms with van der Waals surface area (Å²) in [4.78, 5) is 14.9. The molecule has 1 aliphatic heterocycles. The summed E-state index contributed by atoms with van der Waals surface area (Å²) in [6.07, 6.45) is 0.688. The Bertz CT molecular complexity index is 586. The highest BCUT2D eigenvalue weighted by atomic mass is 35.5. The average molecular weight is 376 g/mol. The van der Waals surface area contributed by atoms with E-state index in [9.17, 15) is 4.79 Å². The van der Waals surface area contributed by atoms with Gasteiger partial charge in [-0.1, -0.05) is 11.6 Å². The van der Waals surface area contributed by atoms with Gasteiger partial charge in [-0.2, -0.15) is 0 Å². The third kappa shape index (κ3) is 4.45. The summed E-state index contributed by atoms with van der Waals surface area (Å²) in [5.41, 5.74) is 6.48. The first kappa shape index (κ1) is 19.1. The van der Waals surface area contributed by atoms with Crippen LogP contribution in [-0.4, -0.2) is 62.7 Å². The zero-order valence-corrected chi connectivity index (χ0v) is 15.4. The topological polar surface area (TPSA) is 76.8 Å². The van der Waals surface area contributed by atoms with Gasteiger partial charge in [0, 0.05) is 38.7 Å². The van der Waals surface area contributed by atoms with Gasteiger partial charge in [-0.25, -0.2) is 0 Å². The maximum atomic E-state index is 12.6. The number of piperidine rings is 1. The highest BCUT2D eigenvalue weighted by Gasteiger charge is 2.31. The first-order valence-corrected chi connectivity index (χ1v) is 8.66. The van der Waals surface area contributed by atoms with E-state index >= 15 is 0 Å². The number of hydrogen-bond acceptors (Lipinski definition) is 5. The molecule has 0 radical (unpaired) electrons. The van der Waals surface area contributed by atoms with E-state index in [1.807, 2.05) is 0 Å². The summed E-state index contributed by atoms with van der Waals surface area (Å²) >= 11 is 11.8. The third-order valence-electron chi connectivity index (χ3n) is 4.23. The molecule has 6 nitrogen and oxygen atoms in total. The van der Waals surface area contributed by atoms with Crippen molar-refractivity contribution in [3.8, 4) is 5.75 Å². The predicted octanol–water partition coefficient (Wildman–Crippen LogP) is 1.99. The molecule has 1 heterocycles. The van der Waals surface area contributed by atoms with Crippen LogP contribution in [0, 0.1) is 0 Å². The van der Waals surface area contributed by atoms with Crippen LogP contribution in [0.15, 0.2) is 12.1 Å². The van der Waals surface area contributed by atoms with Crippen LogP contribution in [0.1, 0.15) is 16.8 Å². The molecule has 24 heavy (non-hydrogen) atoms. The Kier molecular flexibility index (Phi) is 6.98. The second-order valence-corrected chi connectivity index (χ2v) is 6.49. The summed E-state index contributed by atoms with van der Waals surface area (Å²) in [7, 11) is 3.14. The molecule has 3 N–H and O–H groups in total. The van der Waals surface area contributed by atoms with Crippen molar-refractivity contribution >= 4 is 34.8 Å². The van der Waals surface area contributed by atoms with E-state index in [1.54, 1.807) is 13.2 Å². The molecule has 0 aromatic heterocycles. The fraction of sp³-hybridized carbons (Fsp3) is 0.562. The molecule has 1 saturated heterocycles. The number of nitrogens with zero attached hydrogens (tertiary/aromatic N) is 1. The van der Waals surface area contributed by atoms with Crippen LogP contribution >= 0.6 is 23.2 Å². The number of ether oxygens (including phenoxy) is 2. The summed E-state index contributed by atoms with van der Waals surface area (Å²) in [5.74, 6) is 0.712. The van der Waals surface area contributed by atoms with Crippen LogP contribution in [0.5, 0.6) is 5.75 Å². The number of rotatable bonds is 6. The van der Waals surface area contributed by atoms with Gasteiger partial charge in [0.25, 0.3) is 5.91 Å². The molecular weight excluding hydrogens is 353 g/mol.